The Morgan fingerprint density at radius 3 is 2.39 bits per heavy atom. The van der Waals surface area contributed by atoms with Crippen LogP contribution in [0.3, 0.4) is 0 Å². The zero-order valence-electron chi connectivity index (χ0n) is 22.1. The predicted octanol–water partition coefficient (Wildman–Crippen LogP) is 5.03. The molecular formula is C28H35N5O3. The van der Waals surface area contributed by atoms with Gasteiger partial charge in [-0.05, 0) is 77.3 Å². The summed E-state index contributed by atoms with van der Waals surface area (Å²) in [7, 11) is 0. The smallest absolute Gasteiger partial charge is 0.254 e. The van der Waals surface area contributed by atoms with Crippen molar-refractivity contribution in [2.45, 2.75) is 73.9 Å². The Bertz CT molecular complexity index is 1420. The molecule has 8 nitrogen and oxygen atoms in total. The van der Waals surface area contributed by atoms with Crippen molar-refractivity contribution in [3.63, 3.8) is 0 Å². The Hall–Kier alpha value is -3.86. The molecule has 0 aliphatic heterocycles. The fourth-order valence-corrected chi connectivity index (χ4v) is 4.62. The number of amides is 2. The number of nitriles is 1. The third kappa shape index (κ3) is 5.06. The van der Waals surface area contributed by atoms with Gasteiger partial charge in [-0.15, -0.1) is 0 Å². The molecule has 3 aromatic rings. The van der Waals surface area contributed by atoms with Crippen molar-refractivity contribution < 1.29 is 9.59 Å². The number of aromatic nitrogens is 2. The number of hydrogen-bond donors (Lipinski definition) is 3. The van der Waals surface area contributed by atoms with E-state index < -0.39 is 11.3 Å². The molecule has 0 aliphatic rings. The molecule has 0 radical (unpaired) electrons. The molecule has 0 saturated heterocycles. The molecule has 0 bridgehead atoms. The van der Waals surface area contributed by atoms with Crippen LogP contribution in [0.4, 0.5) is 5.69 Å². The Morgan fingerprint density at radius 2 is 1.81 bits per heavy atom. The van der Waals surface area contributed by atoms with E-state index in [2.05, 4.69) is 34.0 Å². The van der Waals surface area contributed by atoms with Gasteiger partial charge in [0.25, 0.3) is 11.5 Å². The summed E-state index contributed by atoms with van der Waals surface area (Å²) in [4.78, 5) is 41.2. The first-order valence-electron chi connectivity index (χ1n) is 12.3. The maximum Gasteiger partial charge on any atom is 0.254 e. The number of nitrogens with one attached hydrogen (secondary N) is 3. The van der Waals surface area contributed by atoms with Crippen molar-refractivity contribution >= 4 is 28.4 Å². The molecule has 1 aromatic carbocycles. The number of carbonyl (C=O) groups is 2. The lowest BCUT2D eigenvalue weighted by molar-refractivity contribution is -0.121. The maximum atomic E-state index is 13.4. The minimum absolute atomic E-state index is 0.120. The lowest BCUT2D eigenvalue weighted by Crippen LogP contribution is -2.29. The van der Waals surface area contributed by atoms with Crippen LogP contribution in [0.15, 0.2) is 29.1 Å². The van der Waals surface area contributed by atoms with E-state index in [0.29, 0.717) is 16.8 Å². The van der Waals surface area contributed by atoms with Gasteiger partial charge in [0.2, 0.25) is 5.91 Å². The Labute approximate surface area is 211 Å². The lowest BCUT2D eigenvalue weighted by Gasteiger charge is -2.20. The van der Waals surface area contributed by atoms with Gasteiger partial charge < -0.3 is 20.2 Å². The van der Waals surface area contributed by atoms with E-state index in [0.717, 1.165) is 40.7 Å². The van der Waals surface area contributed by atoms with Gasteiger partial charge >= 0.3 is 0 Å². The molecular weight excluding hydrogens is 454 g/mol. The molecule has 3 rings (SSSR count). The van der Waals surface area contributed by atoms with E-state index >= 15 is 0 Å². The second-order valence-electron chi connectivity index (χ2n) is 9.85. The number of anilines is 1. The second kappa shape index (κ2) is 10.4. The first-order chi connectivity index (χ1) is 16.9. The average Bonchev–Trinajstić information content (AvgIpc) is 3.10. The molecule has 0 saturated carbocycles. The van der Waals surface area contributed by atoms with Gasteiger partial charge in [-0.2, -0.15) is 5.26 Å². The van der Waals surface area contributed by atoms with Crippen molar-refractivity contribution in [3.05, 3.63) is 62.7 Å². The monoisotopic (exact) mass is 489 g/mol. The Morgan fingerprint density at radius 1 is 1.14 bits per heavy atom. The van der Waals surface area contributed by atoms with E-state index in [-0.39, 0.29) is 24.1 Å². The highest BCUT2D eigenvalue weighted by Gasteiger charge is 2.28. The van der Waals surface area contributed by atoms with Crippen LogP contribution in [0.2, 0.25) is 0 Å². The van der Waals surface area contributed by atoms with Crippen molar-refractivity contribution in [1.82, 2.24) is 14.9 Å². The summed E-state index contributed by atoms with van der Waals surface area (Å²) < 4.78 is 2.15. The largest absolute Gasteiger partial charge is 0.348 e. The minimum Gasteiger partial charge on any atom is -0.348 e. The SMILES string of the molecule is CCC(CC)n1c(C)c(C(=O)NCc2c(C)cc(C)[nH]c2=O)c2ccc(NC(=O)C(C)(C)C#N)cc21. The first-order valence-corrected chi connectivity index (χ1v) is 12.3. The molecule has 0 spiro atoms. The number of carbonyl (C=O) groups excluding carboxylic acids is 2. The van der Waals surface area contributed by atoms with Crippen LogP contribution >= 0.6 is 0 Å². The van der Waals surface area contributed by atoms with Crippen molar-refractivity contribution in [3.8, 4) is 6.07 Å². The van der Waals surface area contributed by atoms with Crippen LogP contribution in [0.1, 0.15) is 79.5 Å². The van der Waals surface area contributed by atoms with Crippen LogP contribution in [-0.4, -0.2) is 21.4 Å². The lowest BCUT2D eigenvalue weighted by atomic mass is 9.94. The number of nitrogens with zero attached hydrogens (tertiary/aromatic N) is 2. The predicted molar refractivity (Wildman–Crippen MR) is 142 cm³/mol. The third-order valence-electron chi connectivity index (χ3n) is 6.81. The zero-order chi connectivity index (χ0) is 26.8. The molecule has 0 fully saturated rings. The fourth-order valence-electron chi connectivity index (χ4n) is 4.62. The second-order valence-corrected chi connectivity index (χ2v) is 9.85. The number of H-pyrrole nitrogens is 1. The normalized spacial score (nSPS) is 11.5. The molecule has 3 N–H and O–H groups in total. The highest BCUT2D eigenvalue weighted by atomic mass is 16.2. The van der Waals surface area contributed by atoms with Gasteiger partial charge in [-0.3, -0.25) is 14.4 Å². The number of rotatable bonds is 8. The molecule has 2 heterocycles. The van der Waals surface area contributed by atoms with Gasteiger partial charge in [0, 0.05) is 40.6 Å². The van der Waals surface area contributed by atoms with Crippen LogP contribution in [-0.2, 0) is 11.3 Å². The molecule has 0 unspecified atom stereocenters. The van der Waals surface area contributed by atoms with E-state index in [9.17, 15) is 19.6 Å². The van der Waals surface area contributed by atoms with E-state index in [1.807, 2.05) is 45.0 Å². The van der Waals surface area contributed by atoms with Crippen molar-refractivity contribution in [1.29, 1.82) is 5.26 Å². The fraction of sp³-hybridized carbons (Fsp3) is 0.429. The molecule has 2 aromatic heterocycles. The van der Waals surface area contributed by atoms with E-state index in [1.165, 1.54) is 0 Å². The van der Waals surface area contributed by atoms with Crippen molar-refractivity contribution in [2.24, 2.45) is 5.41 Å². The van der Waals surface area contributed by atoms with E-state index in [4.69, 9.17) is 0 Å². The summed E-state index contributed by atoms with van der Waals surface area (Å²) in [5.41, 5.74) is 3.54. The molecule has 190 valence electrons. The summed E-state index contributed by atoms with van der Waals surface area (Å²) in [5, 5.41) is 15.8. The molecule has 2 amide bonds. The maximum absolute atomic E-state index is 13.4. The zero-order valence-corrected chi connectivity index (χ0v) is 22.1. The van der Waals surface area contributed by atoms with Gasteiger partial charge in [-0.25, -0.2) is 0 Å². The van der Waals surface area contributed by atoms with Gasteiger partial charge in [0.15, 0.2) is 0 Å². The number of aromatic amines is 1. The summed E-state index contributed by atoms with van der Waals surface area (Å²) in [6.07, 6.45) is 1.75. The average molecular weight is 490 g/mol. The summed E-state index contributed by atoms with van der Waals surface area (Å²) in [6, 6.07) is 9.50. The summed E-state index contributed by atoms with van der Waals surface area (Å²) in [6.45, 7) is 13.1. The third-order valence-corrected chi connectivity index (χ3v) is 6.81. The highest BCUT2D eigenvalue weighted by molar-refractivity contribution is 6.09. The van der Waals surface area contributed by atoms with Gasteiger partial charge in [-0.1, -0.05) is 13.8 Å². The molecule has 36 heavy (non-hydrogen) atoms. The standard InChI is InChI=1S/C28H35N5O3/c1-8-20(9-2)33-18(5)24(26(35)30-14-22-16(3)12-17(4)31-25(22)34)21-11-10-19(13-23(21)33)32-27(36)28(6,7)15-29/h10-13,20H,8-9,14H2,1-7H3,(H,30,35)(H,31,34)(H,32,36). The van der Waals surface area contributed by atoms with Crippen LogP contribution < -0.4 is 16.2 Å². The Balaban J connectivity index is 2.05. The topological polar surface area (TPSA) is 120 Å². The summed E-state index contributed by atoms with van der Waals surface area (Å²) in [5.74, 6) is -0.651. The highest BCUT2D eigenvalue weighted by Crippen LogP contribution is 2.34. The summed E-state index contributed by atoms with van der Waals surface area (Å²) >= 11 is 0. The molecule has 0 atom stereocenters. The van der Waals surface area contributed by atoms with Crippen LogP contribution in [0, 0.1) is 37.5 Å². The molecule has 8 heteroatoms. The number of aryl methyl sites for hydroxylation is 2. The van der Waals surface area contributed by atoms with Gasteiger partial charge in [0.1, 0.15) is 5.41 Å². The minimum atomic E-state index is -1.17. The number of benzene rings is 1. The number of fused-ring (bicyclic) bond motifs is 1. The quantitative estimate of drug-likeness (QED) is 0.411. The van der Waals surface area contributed by atoms with Crippen LogP contribution in [0.5, 0.6) is 0 Å². The van der Waals surface area contributed by atoms with Gasteiger partial charge in [0.05, 0.1) is 17.1 Å². The number of hydrogen-bond acceptors (Lipinski definition) is 4. The van der Waals surface area contributed by atoms with Crippen molar-refractivity contribution in [2.75, 3.05) is 5.32 Å². The first kappa shape index (κ1) is 26.7. The Kier molecular flexibility index (Phi) is 7.73. The van der Waals surface area contributed by atoms with E-state index in [1.54, 1.807) is 19.9 Å². The number of pyridine rings is 1. The van der Waals surface area contributed by atoms with Crippen LogP contribution in [0.25, 0.3) is 10.9 Å². The molecule has 0 aliphatic carbocycles.